The number of fused-ring (bicyclic) bond motifs is 4. The van der Waals surface area contributed by atoms with Gasteiger partial charge in [0.15, 0.2) is 0 Å². The number of carbonyl (C=O) groups excluding carboxylic acids is 3. The average Bonchev–Trinajstić information content (AvgIpc) is 3.19. The number of quaternary nitrogens is 1. The molecule has 0 aromatic heterocycles. The second-order valence-corrected chi connectivity index (χ2v) is 9.09. The third-order valence-corrected chi connectivity index (χ3v) is 6.64. The van der Waals surface area contributed by atoms with E-state index in [0.29, 0.717) is 23.2 Å². The number of anilines is 1. The van der Waals surface area contributed by atoms with Crippen LogP contribution in [-0.4, -0.2) is 35.2 Å². The van der Waals surface area contributed by atoms with E-state index in [-0.39, 0.29) is 23.8 Å². The van der Waals surface area contributed by atoms with Crippen LogP contribution < -0.4 is 10.6 Å². The van der Waals surface area contributed by atoms with Crippen LogP contribution in [0.1, 0.15) is 45.6 Å². The SMILES string of the molecule is CCCCN1C(=O)[C@H]2[C@@H](C1=O)[C@@]1([NH2+][C@@H]2CC(C)C)C(=O)Nc2ccc(Cl)cc21. The van der Waals surface area contributed by atoms with Gasteiger partial charge in [0.2, 0.25) is 17.4 Å². The normalized spacial score (nSPS) is 31.1. The Balaban J connectivity index is 1.84. The van der Waals surface area contributed by atoms with E-state index in [1.165, 1.54) is 4.90 Å². The van der Waals surface area contributed by atoms with Gasteiger partial charge in [0, 0.05) is 23.6 Å². The van der Waals surface area contributed by atoms with Gasteiger partial charge in [-0.1, -0.05) is 38.8 Å². The number of likely N-dealkylation sites (tertiary alicyclic amines) is 1. The molecule has 1 aromatic carbocycles. The molecular formula is C21H27ClN3O3+. The summed E-state index contributed by atoms with van der Waals surface area (Å²) in [6.07, 6.45) is 2.45. The predicted octanol–water partition coefficient (Wildman–Crippen LogP) is 1.88. The Morgan fingerprint density at radius 1 is 1.25 bits per heavy atom. The Hall–Kier alpha value is -1.92. The molecule has 1 aromatic rings. The molecule has 0 bridgehead atoms. The highest BCUT2D eigenvalue weighted by Crippen LogP contribution is 2.50. The minimum atomic E-state index is -1.11. The minimum Gasteiger partial charge on any atom is -0.326 e. The highest BCUT2D eigenvalue weighted by Gasteiger charge is 2.74. The van der Waals surface area contributed by atoms with Gasteiger partial charge in [-0.15, -0.1) is 0 Å². The van der Waals surface area contributed by atoms with Crippen LogP contribution in [0.25, 0.3) is 0 Å². The van der Waals surface area contributed by atoms with E-state index < -0.39 is 17.4 Å². The maximum Gasteiger partial charge on any atom is 0.291 e. The summed E-state index contributed by atoms with van der Waals surface area (Å²) >= 11 is 6.24. The Labute approximate surface area is 170 Å². The van der Waals surface area contributed by atoms with E-state index in [9.17, 15) is 14.4 Å². The first-order valence-corrected chi connectivity index (χ1v) is 10.5. The first kappa shape index (κ1) is 19.4. The molecule has 3 heterocycles. The van der Waals surface area contributed by atoms with Crippen molar-refractivity contribution in [2.24, 2.45) is 17.8 Å². The van der Waals surface area contributed by atoms with Gasteiger partial charge in [-0.25, -0.2) is 0 Å². The van der Waals surface area contributed by atoms with Crippen molar-refractivity contribution < 1.29 is 19.7 Å². The molecule has 3 amide bonds. The number of hydrogen-bond acceptors (Lipinski definition) is 3. The van der Waals surface area contributed by atoms with Gasteiger partial charge in [0.1, 0.15) is 17.9 Å². The molecule has 0 aliphatic carbocycles. The number of nitrogens with two attached hydrogens (primary N) is 1. The fourth-order valence-electron chi connectivity index (χ4n) is 5.29. The van der Waals surface area contributed by atoms with E-state index in [4.69, 9.17) is 11.6 Å². The van der Waals surface area contributed by atoms with Crippen LogP contribution in [0.2, 0.25) is 5.02 Å². The Morgan fingerprint density at radius 3 is 2.68 bits per heavy atom. The standard InChI is InChI=1S/C21H26ClN3O3/c1-4-5-8-25-18(26)16-15(9-11(2)3)24-21(17(16)19(25)27)13-10-12(22)6-7-14(13)23-20(21)28/h6-7,10-11,15-17,24H,4-5,8-9H2,1-3H3,(H,23,28)/p+1/t15-,16-,17+,21-/m1/s1. The van der Waals surface area contributed by atoms with Crippen molar-refractivity contribution in [1.29, 1.82) is 0 Å². The zero-order chi connectivity index (χ0) is 20.2. The van der Waals surface area contributed by atoms with E-state index in [1.807, 2.05) is 12.2 Å². The third kappa shape index (κ3) is 2.61. The largest absolute Gasteiger partial charge is 0.326 e. The molecule has 0 saturated carbocycles. The summed E-state index contributed by atoms with van der Waals surface area (Å²) in [7, 11) is 0. The molecule has 3 N–H and O–H groups in total. The topological polar surface area (TPSA) is 83.1 Å². The summed E-state index contributed by atoms with van der Waals surface area (Å²) in [6, 6.07) is 5.17. The second kappa shape index (κ2) is 6.85. The highest BCUT2D eigenvalue weighted by molar-refractivity contribution is 6.31. The predicted molar refractivity (Wildman–Crippen MR) is 106 cm³/mol. The number of amides is 3. The molecule has 4 atom stereocenters. The molecule has 3 aliphatic heterocycles. The molecule has 2 saturated heterocycles. The molecule has 150 valence electrons. The Bertz CT molecular complexity index is 855. The monoisotopic (exact) mass is 404 g/mol. The summed E-state index contributed by atoms with van der Waals surface area (Å²) < 4.78 is 0. The number of halogens is 1. The van der Waals surface area contributed by atoms with Crippen molar-refractivity contribution in [3.63, 3.8) is 0 Å². The number of nitrogens with one attached hydrogen (secondary N) is 1. The van der Waals surface area contributed by atoms with E-state index >= 15 is 0 Å². The van der Waals surface area contributed by atoms with Crippen LogP contribution in [0.5, 0.6) is 0 Å². The quantitative estimate of drug-likeness (QED) is 0.735. The van der Waals surface area contributed by atoms with Crippen molar-refractivity contribution in [3.8, 4) is 0 Å². The lowest BCUT2D eigenvalue weighted by atomic mass is 9.76. The second-order valence-electron chi connectivity index (χ2n) is 8.66. The van der Waals surface area contributed by atoms with Gasteiger partial charge in [-0.2, -0.15) is 0 Å². The van der Waals surface area contributed by atoms with Gasteiger partial charge in [-0.05, 0) is 30.5 Å². The van der Waals surface area contributed by atoms with Crippen molar-refractivity contribution in [2.45, 2.75) is 51.6 Å². The van der Waals surface area contributed by atoms with Crippen molar-refractivity contribution in [2.75, 3.05) is 11.9 Å². The number of imide groups is 1. The van der Waals surface area contributed by atoms with E-state index in [2.05, 4.69) is 19.2 Å². The van der Waals surface area contributed by atoms with Crippen LogP contribution in [0.4, 0.5) is 5.69 Å². The smallest absolute Gasteiger partial charge is 0.291 e. The zero-order valence-corrected chi connectivity index (χ0v) is 17.3. The van der Waals surface area contributed by atoms with Crippen LogP contribution in [-0.2, 0) is 19.9 Å². The summed E-state index contributed by atoms with van der Waals surface area (Å²) in [6.45, 7) is 6.66. The fourth-order valence-corrected chi connectivity index (χ4v) is 5.46. The summed E-state index contributed by atoms with van der Waals surface area (Å²) in [5, 5.41) is 5.43. The van der Waals surface area contributed by atoms with Crippen LogP contribution in [0, 0.1) is 17.8 Å². The molecular weight excluding hydrogens is 378 g/mol. The van der Waals surface area contributed by atoms with Gasteiger partial charge in [-0.3, -0.25) is 19.3 Å². The van der Waals surface area contributed by atoms with Crippen LogP contribution in [0.3, 0.4) is 0 Å². The van der Waals surface area contributed by atoms with Gasteiger partial charge in [0.05, 0.1) is 5.69 Å². The Kier molecular flexibility index (Phi) is 4.74. The lowest BCUT2D eigenvalue weighted by Gasteiger charge is -2.26. The lowest BCUT2D eigenvalue weighted by Crippen LogP contribution is -2.99. The van der Waals surface area contributed by atoms with E-state index in [0.717, 1.165) is 24.8 Å². The number of carbonyl (C=O) groups is 3. The van der Waals surface area contributed by atoms with E-state index in [1.54, 1.807) is 18.2 Å². The lowest BCUT2D eigenvalue weighted by molar-refractivity contribution is -0.734. The number of nitrogens with zero attached hydrogens (tertiary/aromatic N) is 1. The van der Waals surface area contributed by atoms with Crippen molar-refractivity contribution in [3.05, 3.63) is 28.8 Å². The van der Waals surface area contributed by atoms with Crippen LogP contribution in [0.15, 0.2) is 18.2 Å². The molecule has 28 heavy (non-hydrogen) atoms. The number of unbranched alkanes of at least 4 members (excludes halogenated alkanes) is 1. The first-order chi connectivity index (χ1) is 13.3. The molecule has 2 fully saturated rings. The molecule has 3 aliphatic rings. The minimum absolute atomic E-state index is 0.108. The summed E-state index contributed by atoms with van der Waals surface area (Å²) in [4.78, 5) is 41.3. The molecule has 1 spiro atoms. The molecule has 0 unspecified atom stereocenters. The number of benzene rings is 1. The number of rotatable bonds is 5. The average molecular weight is 405 g/mol. The summed E-state index contributed by atoms with van der Waals surface area (Å²) in [5.41, 5.74) is 0.296. The number of hydrogen-bond donors (Lipinski definition) is 2. The fraction of sp³-hybridized carbons (Fsp3) is 0.571. The maximum absolute atomic E-state index is 13.4. The Morgan fingerprint density at radius 2 is 2.00 bits per heavy atom. The first-order valence-electron chi connectivity index (χ1n) is 10.1. The zero-order valence-electron chi connectivity index (χ0n) is 16.5. The molecule has 7 heteroatoms. The molecule has 0 radical (unpaired) electrons. The summed E-state index contributed by atoms with van der Waals surface area (Å²) in [5.74, 6) is -1.35. The van der Waals surface area contributed by atoms with Crippen molar-refractivity contribution >= 4 is 35.0 Å². The van der Waals surface area contributed by atoms with Gasteiger partial charge >= 0.3 is 0 Å². The molecule has 6 nitrogen and oxygen atoms in total. The van der Waals surface area contributed by atoms with Gasteiger partial charge in [0.25, 0.3) is 5.91 Å². The van der Waals surface area contributed by atoms with Crippen molar-refractivity contribution in [1.82, 2.24) is 4.90 Å². The molecule has 4 rings (SSSR count). The van der Waals surface area contributed by atoms with Gasteiger partial charge < -0.3 is 10.6 Å². The highest BCUT2D eigenvalue weighted by atomic mass is 35.5. The maximum atomic E-state index is 13.4. The van der Waals surface area contributed by atoms with Crippen LogP contribution >= 0.6 is 11.6 Å². The third-order valence-electron chi connectivity index (χ3n) is 6.40.